The Bertz CT molecular complexity index is 716. The molecule has 0 spiro atoms. The molecule has 0 atom stereocenters. The Labute approximate surface area is 143 Å². The van der Waals surface area contributed by atoms with E-state index in [2.05, 4.69) is 4.98 Å². The third kappa shape index (κ3) is 5.74. The van der Waals surface area contributed by atoms with Gasteiger partial charge in [0.15, 0.2) is 0 Å². The fourth-order valence-electron chi connectivity index (χ4n) is 1.73. The summed E-state index contributed by atoms with van der Waals surface area (Å²) >= 11 is 7.20. The fraction of sp³-hybridized carbons (Fsp3) is 0.250. The SMILES string of the molecule is CN(C)Cc1nc(COC(=O)/C=C/c2ccc(F)c(Cl)c2)cs1. The molecule has 1 aromatic heterocycles. The van der Waals surface area contributed by atoms with Crippen LogP contribution in [0.3, 0.4) is 0 Å². The maximum Gasteiger partial charge on any atom is 0.331 e. The molecular formula is C16H16ClFN2O2S. The number of hydrogen-bond donors (Lipinski definition) is 0. The quantitative estimate of drug-likeness (QED) is 0.585. The average Bonchev–Trinajstić information content (AvgIpc) is 2.93. The number of ether oxygens (including phenoxy) is 1. The molecule has 1 aromatic carbocycles. The van der Waals surface area contributed by atoms with Crippen molar-refractivity contribution >= 4 is 35.0 Å². The Morgan fingerprint density at radius 2 is 2.26 bits per heavy atom. The van der Waals surface area contributed by atoms with Crippen LogP contribution in [-0.2, 0) is 22.7 Å². The topological polar surface area (TPSA) is 42.4 Å². The molecule has 122 valence electrons. The van der Waals surface area contributed by atoms with E-state index in [1.165, 1.54) is 41.7 Å². The van der Waals surface area contributed by atoms with Crippen LogP contribution in [0.25, 0.3) is 6.08 Å². The van der Waals surface area contributed by atoms with Gasteiger partial charge in [0.1, 0.15) is 17.4 Å². The van der Waals surface area contributed by atoms with Crippen LogP contribution in [0.4, 0.5) is 4.39 Å². The summed E-state index contributed by atoms with van der Waals surface area (Å²) in [6, 6.07) is 4.21. The molecule has 0 aliphatic heterocycles. The largest absolute Gasteiger partial charge is 0.456 e. The zero-order valence-corrected chi connectivity index (χ0v) is 14.3. The molecule has 0 aliphatic rings. The molecule has 0 saturated carbocycles. The van der Waals surface area contributed by atoms with Crippen LogP contribution in [0.1, 0.15) is 16.3 Å². The van der Waals surface area contributed by atoms with Gasteiger partial charge in [0, 0.05) is 18.0 Å². The Hall–Kier alpha value is -1.76. The Morgan fingerprint density at radius 3 is 2.96 bits per heavy atom. The number of aromatic nitrogens is 1. The fourth-order valence-corrected chi connectivity index (χ4v) is 2.82. The maximum absolute atomic E-state index is 13.0. The van der Waals surface area contributed by atoms with Gasteiger partial charge in [-0.3, -0.25) is 0 Å². The van der Waals surface area contributed by atoms with Gasteiger partial charge in [-0.05, 0) is 37.9 Å². The molecular weight excluding hydrogens is 339 g/mol. The molecule has 1 heterocycles. The predicted molar refractivity (Wildman–Crippen MR) is 89.7 cm³/mol. The zero-order chi connectivity index (χ0) is 16.8. The third-order valence-electron chi connectivity index (χ3n) is 2.77. The number of nitrogens with zero attached hydrogens (tertiary/aromatic N) is 2. The number of esters is 1. The van der Waals surface area contributed by atoms with Crippen molar-refractivity contribution in [3.05, 3.63) is 56.8 Å². The predicted octanol–water partition coefficient (Wildman–Crippen LogP) is 3.75. The van der Waals surface area contributed by atoms with Crippen molar-refractivity contribution in [1.82, 2.24) is 9.88 Å². The highest BCUT2D eigenvalue weighted by atomic mass is 35.5. The first-order valence-electron chi connectivity index (χ1n) is 6.82. The molecule has 7 heteroatoms. The Balaban J connectivity index is 1.86. The van der Waals surface area contributed by atoms with E-state index in [1.807, 2.05) is 24.4 Å². The highest BCUT2D eigenvalue weighted by Crippen LogP contribution is 2.17. The monoisotopic (exact) mass is 354 g/mol. The molecule has 2 rings (SSSR count). The van der Waals surface area contributed by atoms with Gasteiger partial charge in [0.2, 0.25) is 0 Å². The molecule has 0 radical (unpaired) electrons. The van der Waals surface area contributed by atoms with E-state index in [-0.39, 0.29) is 11.6 Å². The smallest absolute Gasteiger partial charge is 0.331 e. The molecule has 4 nitrogen and oxygen atoms in total. The van der Waals surface area contributed by atoms with Gasteiger partial charge in [-0.25, -0.2) is 14.2 Å². The number of carbonyl (C=O) groups excluding carboxylic acids is 1. The van der Waals surface area contributed by atoms with Crippen LogP contribution in [0.15, 0.2) is 29.7 Å². The normalized spacial score (nSPS) is 11.3. The molecule has 0 saturated heterocycles. The van der Waals surface area contributed by atoms with Crippen LogP contribution < -0.4 is 0 Å². The lowest BCUT2D eigenvalue weighted by Crippen LogP contribution is -2.10. The second-order valence-corrected chi connectivity index (χ2v) is 6.43. The van der Waals surface area contributed by atoms with Crippen LogP contribution in [0.2, 0.25) is 5.02 Å². The second kappa shape index (κ2) is 8.19. The first-order valence-corrected chi connectivity index (χ1v) is 8.07. The molecule has 23 heavy (non-hydrogen) atoms. The minimum atomic E-state index is -0.497. The van der Waals surface area contributed by atoms with Gasteiger partial charge in [0.05, 0.1) is 10.7 Å². The van der Waals surface area contributed by atoms with Crippen molar-refractivity contribution in [2.75, 3.05) is 14.1 Å². The van der Waals surface area contributed by atoms with Crippen LogP contribution in [0.5, 0.6) is 0 Å². The average molecular weight is 355 g/mol. The van der Waals surface area contributed by atoms with E-state index in [9.17, 15) is 9.18 Å². The minimum absolute atomic E-state index is 0.0106. The lowest BCUT2D eigenvalue weighted by Gasteiger charge is -2.05. The van der Waals surface area contributed by atoms with Gasteiger partial charge in [0.25, 0.3) is 0 Å². The number of rotatable bonds is 6. The zero-order valence-electron chi connectivity index (χ0n) is 12.8. The number of thiazole rings is 1. The maximum atomic E-state index is 13.0. The van der Waals surface area contributed by atoms with E-state index in [1.54, 1.807) is 0 Å². The Morgan fingerprint density at radius 1 is 1.48 bits per heavy atom. The second-order valence-electron chi connectivity index (χ2n) is 5.08. The van der Waals surface area contributed by atoms with E-state index in [4.69, 9.17) is 16.3 Å². The van der Waals surface area contributed by atoms with Crippen molar-refractivity contribution < 1.29 is 13.9 Å². The summed E-state index contributed by atoms with van der Waals surface area (Å²) in [6.45, 7) is 0.876. The molecule has 2 aromatic rings. The molecule has 0 amide bonds. The van der Waals surface area contributed by atoms with Crippen molar-refractivity contribution in [3.63, 3.8) is 0 Å². The molecule has 0 bridgehead atoms. The highest BCUT2D eigenvalue weighted by molar-refractivity contribution is 7.09. The molecule has 0 fully saturated rings. The van der Waals surface area contributed by atoms with Gasteiger partial charge in [-0.15, -0.1) is 11.3 Å². The number of hydrogen-bond acceptors (Lipinski definition) is 5. The van der Waals surface area contributed by atoms with Crippen LogP contribution in [-0.4, -0.2) is 29.9 Å². The van der Waals surface area contributed by atoms with Crippen molar-refractivity contribution in [3.8, 4) is 0 Å². The number of halogens is 2. The van der Waals surface area contributed by atoms with Crippen molar-refractivity contribution in [2.24, 2.45) is 0 Å². The molecule has 0 N–H and O–H groups in total. The number of benzene rings is 1. The Kier molecular flexibility index (Phi) is 6.27. The van der Waals surface area contributed by atoms with E-state index in [0.29, 0.717) is 5.56 Å². The molecule has 0 aliphatic carbocycles. The summed E-state index contributed by atoms with van der Waals surface area (Å²) in [5.41, 5.74) is 1.34. The highest BCUT2D eigenvalue weighted by Gasteiger charge is 2.05. The van der Waals surface area contributed by atoms with E-state index in [0.717, 1.165) is 17.2 Å². The summed E-state index contributed by atoms with van der Waals surface area (Å²) < 4.78 is 18.2. The van der Waals surface area contributed by atoms with Crippen molar-refractivity contribution in [2.45, 2.75) is 13.2 Å². The summed E-state index contributed by atoms with van der Waals surface area (Å²) in [4.78, 5) is 18.1. The lowest BCUT2D eigenvalue weighted by molar-refractivity contribution is -0.139. The van der Waals surface area contributed by atoms with E-state index < -0.39 is 11.8 Å². The van der Waals surface area contributed by atoms with Gasteiger partial charge in [-0.1, -0.05) is 17.7 Å². The number of carbonyl (C=O) groups is 1. The van der Waals surface area contributed by atoms with E-state index >= 15 is 0 Å². The van der Waals surface area contributed by atoms with Gasteiger partial charge in [-0.2, -0.15) is 0 Å². The molecule has 0 unspecified atom stereocenters. The first-order chi connectivity index (χ1) is 10.9. The van der Waals surface area contributed by atoms with Crippen LogP contribution in [0, 0.1) is 5.82 Å². The van der Waals surface area contributed by atoms with Crippen LogP contribution >= 0.6 is 22.9 Å². The van der Waals surface area contributed by atoms with Crippen molar-refractivity contribution in [1.29, 1.82) is 0 Å². The lowest BCUT2D eigenvalue weighted by atomic mass is 10.2. The van der Waals surface area contributed by atoms with Gasteiger partial charge >= 0.3 is 5.97 Å². The minimum Gasteiger partial charge on any atom is -0.456 e. The summed E-state index contributed by atoms with van der Waals surface area (Å²) in [5, 5.41) is 2.85. The first kappa shape index (κ1) is 17.6. The summed E-state index contributed by atoms with van der Waals surface area (Å²) in [5.74, 6) is -0.990. The van der Waals surface area contributed by atoms with Gasteiger partial charge < -0.3 is 9.64 Å². The summed E-state index contributed by atoms with van der Waals surface area (Å²) in [6.07, 6.45) is 2.79. The summed E-state index contributed by atoms with van der Waals surface area (Å²) in [7, 11) is 3.93. The standard InChI is InChI=1S/C16H16ClFN2O2S/c1-20(2)8-15-19-12(10-23-15)9-22-16(21)6-4-11-3-5-14(18)13(17)7-11/h3-7,10H,8-9H2,1-2H3/b6-4+. The third-order valence-corrected chi connectivity index (χ3v) is 3.94.